The van der Waals surface area contributed by atoms with Gasteiger partial charge in [-0.15, -0.1) is 0 Å². The monoisotopic (exact) mass is 282 g/mol. The fourth-order valence-electron chi connectivity index (χ4n) is 2.52. The van der Waals surface area contributed by atoms with Gasteiger partial charge in [0.25, 0.3) is 0 Å². The molecule has 0 unspecified atom stereocenters. The first-order valence-electron chi connectivity index (χ1n) is 6.53. The van der Waals surface area contributed by atoms with Crippen LogP contribution in [-0.4, -0.2) is 20.6 Å². The van der Waals surface area contributed by atoms with Gasteiger partial charge in [-0.3, -0.25) is 4.57 Å². The molecule has 0 saturated carbocycles. The number of aryl methyl sites for hydroxylation is 2. The molecule has 0 amide bonds. The minimum absolute atomic E-state index is 0.103. The number of rotatable bonds is 2. The number of benzene rings is 2. The second-order valence-corrected chi connectivity index (χ2v) is 5.06. The van der Waals surface area contributed by atoms with Crippen molar-refractivity contribution in [3.63, 3.8) is 0 Å². The molecule has 0 radical (unpaired) electrons. The first-order chi connectivity index (χ1) is 9.99. The van der Waals surface area contributed by atoms with Gasteiger partial charge in [-0.1, -0.05) is 18.2 Å². The number of hydrogen-bond acceptors (Lipinski definition) is 2. The van der Waals surface area contributed by atoms with E-state index < -0.39 is 5.97 Å². The Morgan fingerprint density at radius 2 is 1.95 bits per heavy atom. The Bertz CT molecular complexity index is 919. The lowest BCUT2D eigenvalue weighted by atomic mass is 10.1. The summed E-state index contributed by atoms with van der Waals surface area (Å²) in [6.07, 6.45) is 0. The number of H-pyrrole nitrogens is 1. The Balaban J connectivity index is 2.48. The molecule has 0 aliphatic heterocycles. The predicted molar refractivity (Wildman–Crippen MR) is 80.3 cm³/mol. The van der Waals surface area contributed by atoms with Crippen LogP contribution in [0.1, 0.15) is 21.5 Å². The molecule has 0 aliphatic carbocycles. The third kappa shape index (κ3) is 2.03. The zero-order valence-corrected chi connectivity index (χ0v) is 11.7. The van der Waals surface area contributed by atoms with Crippen LogP contribution in [0.2, 0.25) is 0 Å². The molecule has 1 heterocycles. The second-order valence-electron chi connectivity index (χ2n) is 5.06. The van der Waals surface area contributed by atoms with Crippen LogP contribution in [-0.2, 0) is 0 Å². The zero-order chi connectivity index (χ0) is 15.1. The number of nitrogens with one attached hydrogen (secondary N) is 1. The number of carbonyl (C=O) groups is 1. The topological polar surface area (TPSA) is 75.1 Å². The number of carboxylic acids is 1. The summed E-state index contributed by atoms with van der Waals surface area (Å²) in [6.45, 7) is 3.82. The fourth-order valence-corrected chi connectivity index (χ4v) is 2.52. The van der Waals surface area contributed by atoms with Crippen molar-refractivity contribution in [3.05, 3.63) is 63.6 Å². The zero-order valence-electron chi connectivity index (χ0n) is 11.7. The number of para-hydroxylation sites is 1. The number of aromatic amines is 1. The Labute approximate surface area is 120 Å². The predicted octanol–water partition coefficient (Wildman–Crippen LogP) is 2.63. The molecule has 2 N–H and O–H groups in total. The van der Waals surface area contributed by atoms with Gasteiger partial charge in [0.15, 0.2) is 0 Å². The number of aromatic nitrogens is 2. The Morgan fingerprint density at radius 3 is 2.67 bits per heavy atom. The van der Waals surface area contributed by atoms with E-state index in [1.807, 2.05) is 32.0 Å². The molecule has 5 heteroatoms. The van der Waals surface area contributed by atoms with Gasteiger partial charge in [0.05, 0.1) is 22.3 Å². The van der Waals surface area contributed by atoms with Crippen molar-refractivity contribution in [3.8, 4) is 5.69 Å². The third-order valence-electron chi connectivity index (χ3n) is 3.54. The lowest BCUT2D eigenvalue weighted by Crippen LogP contribution is -2.16. The lowest BCUT2D eigenvalue weighted by Gasteiger charge is -2.10. The lowest BCUT2D eigenvalue weighted by molar-refractivity contribution is 0.0698. The van der Waals surface area contributed by atoms with Crippen molar-refractivity contribution in [2.75, 3.05) is 0 Å². The molecule has 0 bridgehead atoms. The molecule has 0 fully saturated rings. The van der Waals surface area contributed by atoms with Gasteiger partial charge >= 0.3 is 11.7 Å². The molecular formula is C16H14N2O3. The van der Waals surface area contributed by atoms with E-state index >= 15 is 0 Å². The quantitative estimate of drug-likeness (QED) is 0.758. The highest BCUT2D eigenvalue weighted by molar-refractivity contribution is 6.01. The van der Waals surface area contributed by atoms with Crippen molar-refractivity contribution in [1.29, 1.82) is 0 Å². The third-order valence-corrected chi connectivity index (χ3v) is 3.54. The second kappa shape index (κ2) is 4.63. The highest BCUT2D eigenvalue weighted by Gasteiger charge is 2.17. The van der Waals surface area contributed by atoms with Gasteiger partial charge in [0.1, 0.15) is 0 Å². The summed E-state index contributed by atoms with van der Waals surface area (Å²) < 4.78 is 1.43. The number of carboxylic acid groups (broad SMARTS) is 1. The number of imidazole rings is 1. The van der Waals surface area contributed by atoms with Gasteiger partial charge in [0, 0.05) is 0 Å². The summed E-state index contributed by atoms with van der Waals surface area (Å²) in [5.41, 5.74) is 3.28. The van der Waals surface area contributed by atoms with Crippen LogP contribution < -0.4 is 5.69 Å². The van der Waals surface area contributed by atoms with E-state index in [0.717, 1.165) is 11.1 Å². The van der Waals surface area contributed by atoms with E-state index in [1.165, 1.54) is 10.6 Å². The van der Waals surface area contributed by atoms with Crippen molar-refractivity contribution in [2.24, 2.45) is 0 Å². The van der Waals surface area contributed by atoms with Crippen LogP contribution in [0.25, 0.3) is 16.7 Å². The summed E-state index contributed by atoms with van der Waals surface area (Å²) in [7, 11) is 0. The molecule has 106 valence electrons. The van der Waals surface area contributed by atoms with Crippen LogP contribution in [0.15, 0.2) is 41.2 Å². The number of nitrogens with zero attached hydrogens (tertiary/aromatic N) is 1. The van der Waals surface area contributed by atoms with E-state index in [1.54, 1.807) is 12.1 Å². The van der Waals surface area contributed by atoms with Crippen LogP contribution in [0.3, 0.4) is 0 Å². The van der Waals surface area contributed by atoms with E-state index in [2.05, 4.69) is 4.98 Å². The molecule has 0 spiro atoms. The SMILES string of the molecule is Cc1ccc(C)c(-n2c(=O)[nH]c3cccc(C(=O)O)c32)c1. The van der Waals surface area contributed by atoms with Crippen molar-refractivity contribution in [2.45, 2.75) is 13.8 Å². The number of fused-ring (bicyclic) bond motifs is 1. The van der Waals surface area contributed by atoms with E-state index in [9.17, 15) is 14.7 Å². The Morgan fingerprint density at radius 1 is 1.19 bits per heavy atom. The molecule has 0 aliphatic rings. The molecular weight excluding hydrogens is 268 g/mol. The first-order valence-corrected chi connectivity index (χ1v) is 6.53. The summed E-state index contributed by atoms with van der Waals surface area (Å²) in [5.74, 6) is -1.06. The van der Waals surface area contributed by atoms with Gasteiger partial charge in [-0.2, -0.15) is 0 Å². The molecule has 21 heavy (non-hydrogen) atoms. The first kappa shape index (κ1) is 13.2. The van der Waals surface area contributed by atoms with E-state index in [-0.39, 0.29) is 11.3 Å². The summed E-state index contributed by atoms with van der Waals surface area (Å²) in [6, 6.07) is 10.6. The minimum Gasteiger partial charge on any atom is -0.478 e. The largest absolute Gasteiger partial charge is 0.478 e. The van der Waals surface area contributed by atoms with Gasteiger partial charge < -0.3 is 10.1 Å². The van der Waals surface area contributed by atoms with Gasteiger partial charge in [-0.05, 0) is 43.2 Å². The Kier molecular flexibility index (Phi) is 2.90. The molecule has 5 nitrogen and oxygen atoms in total. The summed E-state index contributed by atoms with van der Waals surface area (Å²) >= 11 is 0. The van der Waals surface area contributed by atoms with Gasteiger partial charge in [-0.25, -0.2) is 9.59 Å². The maximum absolute atomic E-state index is 12.3. The maximum atomic E-state index is 12.3. The van der Waals surface area contributed by atoms with E-state index in [0.29, 0.717) is 16.7 Å². The molecule has 2 aromatic carbocycles. The normalized spacial score (nSPS) is 11.0. The van der Waals surface area contributed by atoms with Crippen molar-refractivity contribution >= 4 is 17.0 Å². The molecule has 1 aromatic heterocycles. The number of aromatic carboxylic acids is 1. The van der Waals surface area contributed by atoms with Crippen LogP contribution in [0, 0.1) is 13.8 Å². The molecule has 0 saturated heterocycles. The molecule has 3 rings (SSSR count). The smallest absolute Gasteiger partial charge is 0.337 e. The van der Waals surface area contributed by atoms with Crippen LogP contribution in [0.4, 0.5) is 0 Å². The highest BCUT2D eigenvalue weighted by atomic mass is 16.4. The average molecular weight is 282 g/mol. The fraction of sp³-hybridized carbons (Fsp3) is 0.125. The van der Waals surface area contributed by atoms with Crippen molar-refractivity contribution in [1.82, 2.24) is 9.55 Å². The Hall–Kier alpha value is -2.82. The number of hydrogen-bond donors (Lipinski definition) is 2. The highest BCUT2D eigenvalue weighted by Crippen LogP contribution is 2.22. The molecule has 0 atom stereocenters. The maximum Gasteiger partial charge on any atom is 0.337 e. The standard InChI is InChI=1S/C16H14N2O3/c1-9-6-7-10(2)13(8-9)18-14-11(15(19)20)4-3-5-12(14)17-16(18)21/h3-8H,1-2H3,(H,17,21)(H,19,20). The summed E-state index contributed by atoms with van der Waals surface area (Å²) in [4.78, 5) is 26.4. The van der Waals surface area contributed by atoms with Crippen molar-refractivity contribution < 1.29 is 9.90 Å². The van der Waals surface area contributed by atoms with Gasteiger partial charge in [0.2, 0.25) is 0 Å². The molecule has 3 aromatic rings. The summed E-state index contributed by atoms with van der Waals surface area (Å²) in [5, 5.41) is 9.36. The van der Waals surface area contributed by atoms with Crippen LogP contribution >= 0.6 is 0 Å². The van der Waals surface area contributed by atoms with Crippen LogP contribution in [0.5, 0.6) is 0 Å². The average Bonchev–Trinajstić information content (AvgIpc) is 2.77. The van der Waals surface area contributed by atoms with E-state index in [4.69, 9.17) is 0 Å². The minimum atomic E-state index is -1.06.